The maximum atomic E-state index is 6.05. The molecule has 1 rings (SSSR count). The molecule has 0 atom stereocenters. The smallest absolute Gasteiger partial charge is 0.0589 e. The zero-order valence-electron chi connectivity index (χ0n) is 12.0. The molecule has 0 spiro atoms. The fraction of sp³-hybridized carbons (Fsp3) is 1.00. The number of nitrogens with zero attached hydrogens (tertiary/aromatic N) is 1. The summed E-state index contributed by atoms with van der Waals surface area (Å²) in [7, 11) is 3.96. The Labute approximate surface area is 107 Å². The normalized spacial score (nSPS) is 30.2. The topological polar surface area (TPSA) is 38.5 Å². The Morgan fingerprint density at radius 2 is 1.94 bits per heavy atom. The molecule has 0 saturated heterocycles. The van der Waals surface area contributed by atoms with E-state index in [1.807, 2.05) is 0 Å². The average molecular weight is 242 g/mol. The summed E-state index contributed by atoms with van der Waals surface area (Å²) in [6.45, 7) is 7.24. The Bertz CT molecular complexity index is 210. The third kappa shape index (κ3) is 3.67. The molecule has 3 heteroatoms. The summed E-state index contributed by atoms with van der Waals surface area (Å²) in [5.74, 6) is 1.71. The summed E-state index contributed by atoms with van der Waals surface area (Å²) in [4.78, 5) is 2.42. The van der Waals surface area contributed by atoms with Gasteiger partial charge in [0, 0.05) is 25.7 Å². The third-order valence-corrected chi connectivity index (χ3v) is 4.72. The Morgan fingerprint density at radius 3 is 2.35 bits per heavy atom. The van der Waals surface area contributed by atoms with Crippen LogP contribution in [0.5, 0.6) is 0 Å². The van der Waals surface area contributed by atoms with Crippen molar-refractivity contribution in [1.29, 1.82) is 0 Å². The lowest BCUT2D eigenvalue weighted by Crippen LogP contribution is -2.55. The maximum absolute atomic E-state index is 6.05. The quantitative estimate of drug-likeness (QED) is 0.775. The Hall–Kier alpha value is -0.120. The number of hydrogen-bond acceptors (Lipinski definition) is 3. The number of hydrogen-bond donors (Lipinski definition) is 1. The number of likely N-dealkylation sites (N-methyl/N-ethyl adjacent to an activating group) is 1. The van der Waals surface area contributed by atoms with E-state index in [-0.39, 0.29) is 5.54 Å². The largest absolute Gasteiger partial charge is 0.383 e. The number of nitrogens with two attached hydrogens (primary N) is 1. The molecule has 0 aromatic carbocycles. The second kappa shape index (κ2) is 6.72. The van der Waals surface area contributed by atoms with Gasteiger partial charge >= 0.3 is 0 Å². The first-order chi connectivity index (χ1) is 8.05. The number of methoxy groups -OCH3 is 1. The van der Waals surface area contributed by atoms with Crippen molar-refractivity contribution in [3.05, 3.63) is 0 Å². The molecule has 2 N–H and O–H groups in total. The first-order valence-electron chi connectivity index (χ1n) is 6.96. The van der Waals surface area contributed by atoms with Crippen LogP contribution in [0, 0.1) is 11.8 Å². The second-order valence-corrected chi connectivity index (χ2v) is 5.92. The summed E-state index contributed by atoms with van der Waals surface area (Å²) >= 11 is 0. The van der Waals surface area contributed by atoms with E-state index in [1.165, 1.54) is 25.7 Å². The molecule has 17 heavy (non-hydrogen) atoms. The zero-order valence-corrected chi connectivity index (χ0v) is 12.0. The molecule has 0 heterocycles. The lowest BCUT2D eigenvalue weighted by Gasteiger charge is -2.46. The van der Waals surface area contributed by atoms with E-state index in [0.29, 0.717) is 0 Å². The van der Waals surface area contributed by atoms with Gasteiger partial charge in [-0.1, -0.05) is 13.8 Å². The van der Waals surface area contributed by atoms with Crippen LogP contribution in [-0.4, -0.2) is 44.3 Å². The first kappa shape index (κ1) is 14.9. The first-order valence-corrected chi connectivity index (χ1v) is 6.96. The van der Waals surface area contributed by atoms with Crippen LogP contribution in [0.1, 0.15) is 39.5 Å². The van der Waals surface area contributed by atoms with Crippen LogP contribution in [0.15, 0.2) is 0 Å². The minimum Gasteiger partial charge on any atom is -0.383 e. The third-order valence-electron chi connectivity index (χ3n) is 4.72. The van der Waals surface area contributed by atoms with Crippen molar-refractivity contribution in [3.63, 3.8) is 0 Å². The molecule has 0 unspecified atom stereocenters. The van der Waals surface area contributed by atoms with Crippen molar-refractivity contribution in [2.24, 2.45) is 17.6 Å². The summed E-state index contributed by atoms with van der Waals surface area (Å²) in [5, 5.41) is 0. The Morgan fingerprint density at radius 1 is 1.35 bits per heavy atom. The Kier molecular flexibility index (Phi) is 5.90. The van der Waals surface area contributed by atoms with Gasteiger partial charge < -0.3 is 10.5 Å². The molecule has 102 valence electrons. The van der Waals surface area contributed by atoms with E-state index in [4.69, 9.17) is 10.5 Å². The van der Waals surface area contributed by atoms with Gasteiger partial charge in [-0.2, -0.15) is 0 Å². The molecule has 0 aliphatic heterocycles. The van der Waals surface area contributed by atoms with Crippen molar-refractivity contribution < 1.29 is 4.74 Å². The summed E-state index contributed by atoms with van der Waals surface area (Å²) in [6.07, 6.45) is 5.14. The monoisotopic (exact) mass is 242 g/mol. The molecule has 0 aromatic heterocycles. The van der Waals surface area contributed by atoms with Crippen LogP contribution < -0.4 is 5.73 Å². The standard InChI is InChI=1S/C14H30N2O/c1-12(2)13-5-7-14(11-15,8-6-13)16(3)9-10-17-4/h12-13H,5-11,15H2,1-4H3. The minimum absolute atomic E-state index is 0.226. The van der Waals surface area contributed by atoms with Gasteiger partial charge in [-0.25, -0.2) is 0 Å². The van der Waals surface area contributed by atoms with E-state index >= 15 is 0 Å². The minimum atomic E-state index is 0.226. The highest BCUT2D eigenvalue weighted by molar-refractivity contribution is 4.95. The summed E-state index contributed by atoms with van der Waals surface area (Å²) in [5.41, 5.74) is 6.28. The highest BCUT2D eigenvalue weighted by Gasteiger charge is 2.37. The van der Waals surface area contributed by atoms with Gasteiger partial charge in [0.2, 0.25) is 0 Å². The summed E-state index contributed by atoms with van der Waals surface area (Å²) in [6, 6.07) is 0. The van der Waals surface area contributed by atoms with E-state index in [1.54, 1.807) is 7.11 Å². The van der Waals surface area contributed by atoms with Crippen LogP contribution in [0.2, 0.25) is 0 Å². The van der Waals surface area contributed by atoms with E-state index in [2.05, 4.69) is 25.8 Å². The van der Waals surface area contributed by atoms with Crippen molar-refractivity contribution >= 4 is 0 Å². The lowest BCUT2D eigenvalue weighted by atomic mass is 9.72. The fourth-order valence-electron chi connectivity index (χ4n) is 3.05. The van der Waals surface area contributed by atoms with Gasteiger partial charge in [-0.15, -0.1) is 0 Å². The van der Waals surface area contributed by atoms with Crippen LogP contribution in [0.3, 0.4) is 0 Å². The molecule has 1 aliphatic rings. The second-order valence-electron chi connectivity index (χ2n) is 5.92. The lowest BCUT2D eigenvalue weighted by molar-refractivity contribution is 0.0362. The van der Waals surface area contributed by atoms with Crippen molar-refractivity contribution in [2.45, 2.75) is 45.1 Å². The van der Waals surface area contributed by atoms with Crippen molar-refractivity contribution in [2.75, 3.05) is 33.9 Å². The highest BCUT2D eigenvalue weighted by atomic mass is 16.5. The van der Waals surface area contributed by atoms with Gasteiger partial charge in [0.25, 0.3) is 0 Å². The molecular formula is C14H30N2O. The zero-order chi connectivity index (χ0) is 12.9. The molecule has 0 radical (unpaired) electrons. The average Bonchev–Trinajstić information content (AvgIpc) is 2.35. The molecule has 0 bridgehead atoms. The van der Waals surface area contributed by atoms with Gasteiger partial charge in [-0.05, 0) is 44.6 Å². The molecule has 0 amide bonds. The molecule has 3 nitrogen and oxygen atoms in total. The molecule has 1 saturated carbocycles. The summed E-state index contributed by atoms with van der Waals surface area (Å²) < 4.78 is 5.17. The van der Waals surface area contributed by atoms with Crippen LogP contribution in [0.25, 0.3) is 0 Å². The van der Waals surface area contributed by atoms with Gasteiger partial charge in [-0.3, -0.25) is 4.90 Å². The molecular weight excluding hydrogens is 212 g/mol. The van der Waals surface area contributed by atoms with E-state index in [0.717, 1.165) is 31.5 Å². The van der Waals surface area contributed by atoms with Gasteiger partial charge in [0.05, 0.1) is 6.61 Å². The van der Waals surface area contributed by atoms with Crippen LogP contribution in [0.4, 0.5) is 0 Å². The maximum Gasteiger partial charge on any atom is 0.0589 e. The van der Waals surface area contributed by atoms with Gasteiger partial charge in [0.1, 0.15) is 0 Å². The highest BCUT2D eigenvalue weighted by Crippen LogP contribution is 2.38. The Balaban J connectivity index is 2.54. The van der Waals surface area contributed by atoms with Crippen LogP contribution in [-0.2, 0) is 4.74 Å². The molecule has 1 aliphatic carbocycles. The van der Waals surface area contributed by atoms with E-state index < -0.39 is 0 Å². The molecule has 0 aromatic rings. The van der Waals surface area contributed by atoms with E-state index in [9.17, 15) is 0 Å². The van der Waals surface area contributed by atoms with Gasteiger partial charge in [0.15, 0.2) is 0 Å². The van der Waals surface area contributed by atoms with Crippen LogP contribution >= 0.6 is 0 Å². The fourth-order valence-corrected chi connectivity index (χ4v) is 3.05. The predicted octanol–water partition coefficient (Wildman–Crippen LogP) is 2.11. The van der Waals surface area contributed by atoms with Crippen molar-refractivity contribution in [1.82, 2.24) is 4.90 Å². The molecule has 1 fully saturated rings. The number of ether oxygens (including phenoxy) is 1. The number of rotatable bonds is 6. The predicted molar refractivity (Wildman–Crippen MR) is 73.1 cm³/mol. The van der Waals surface area contributed by atoms with Crippen molar-refractivity contribution in [3.8, 4) is 0 Å². The SMILES string of the molecule is COCCN(C)C1(CN)CCC(C(C)C)CC1.